The van der Waals surface area contributed by atoms with Gasteiger partial charge in [0.25, 0.3) is 0 Å². The summed E-state index contributed by atoms with van der Waals surface area (Å²) >= 11 is 15.4. The molecule has 0 spiro atoms. The summed E-state index contributed by atoms with van der Waals surface area (Å²) in [6.07, 6.45) is 0. The van der Waals surface area contributed by atoms with E-state index in [0.717, 1.165) is 21.6 Å². The lowest BCUT2D eigenvalue weighted by atomic mass is 10.2. The molecular formula is C21H17Cl2N3OS2. The fourth-order valence-corrected chi connectivity index (χ4v) is 4.70. The molecule has 0 amide bonds. The fraction of sp³-hybridized carbons (Fsp3) is 0.143. The minimum Gasteiger partial charge on any atom is -0.491 e. The average molecular weight is 462 g/mol. The number of nitrogens with zero attached hydrogens (tertiary/aromatic N) is 3. The molecule has 2 aromatic heterocycles. The largest absolute Gasteiger partial charge is 0.491 e. The van der Waals surface area contributed by atoms with Crippen LogP contribution in [0.4, 0.5) is 0 Å². The van der Waals surface area contributed by atoms with Crippen molar-refractivity contribution in [3.8, 4) is 16.5 Å². The third-order valence-electron chi connectivity index (χ3n) is 4.11. The van der Waals surface area contributed by atoms with Crippen LogP contribution >= 0.6 is 46.3 Å². The number of ether oxygens (including phenoxy) is 1. The van der Waals surface area contributed by atoms with Gasteiger partial charge in [-0.15, -0.1) is 21.5 Å². The third kappa shape index (κ3) is 5.14. The zero-order chi connectivity index (χ0) is 20.1. The standard InChI is InChI=1S/C21H17Cl2N3OS2/c22-16-8-9-18(17(23)13-16)27-10-12-29-21-25-24-20(19-7-4-11-28-19)26(21)14-15-5-2-1-3-6-15/h1-9,11,13H,10,12,14H2. The molecule has 4 aromatic rings. The molecule has 0 aliphatic rings. The van der Waals surface area contributed by atoms with Gasteiger partial charge in [-0.1, -0.05) is 71.4 Å². The van der Waals surface area contributed by atoms with Crippen LogP contribution in [-0.2, 0) is 6.54 Å². The lowest BCUT2D eigenvalue weighted by molar-refractivity contribution is 0.344. The maximum Gasteiger partial charge on any atom is 0.191 e. The van der Waals surface area contributed by atoms with Crippen LogP contribution in [0.25, 0.3) is 10.7 Å². The summed E-state index contributed by atoms with van der Waals surface area (Å²) in [5.74, 6) is 2.23. The van der Waals surface area contributed by atoms with E-state index < -0.39 is 0 Å². The zero-order valence-electron chi connectivity index (χ0n) is 15.3. The van der Waals surface area contributed by atoms with E-state index in [4.69, 9.17) is 27.9 Å². The molecule has 8 heteroatoms. The SMILES string of the molecule is Clc1ccc(OCCSc2nnc(-c3cccs3)n2Cc2ccccc2)c(Cl)c1. The minimum atomic E-state index is 0.499. The Labute approximate surface area is 187 Å². The highest BCUT2D eigenvalue weighted by atomic mass is 35.5. The van der Waals surface area contributed by atoms with E-state index in [-0.39, 0.29) is 0 Å². The Bertz CT molecular complexity index is 1070. The van der Waals surface area contributed by atoms with Crippen molar-refractivity contribution in [1.82, 2.24) is 14.8 Å². The molecule has 0 saturated carbocycles. The van der Waals surface area contributed by atoms with E-state index in [1.54, 1.807) is 41.3 Å². The van der Waals surface area contributed by atoms with Crippen LogP contribution in [0.15, 0.2) is 71.2 Å². The summed E-state index contributed by atoms with van der Waals surface area (Å²) in [7, 11) is 0. The van der Waals surface area contributed by atoms with Gasteiger partial charge >= 0.3 is 0 Å². The smallest absolute Gasteiger partial charge is 0.191 e. The molecule has 0 atom stereocenters. The van der Waals surface area contributed by atoms with Gasteiger partial charge in [0, 0.05) is 10.8 Å². The van der Waals surface area contributed by atoms with E-state index in [1.807, 2.05) is 29.6 Å². The summed E-state index contributed by atoms with van der Waals surface area (Å²) < 4.78 is 7.94. The first-order chi connectivity index (χ1) is 14.2. The first-order valence-corrected chi connectivity index (χ1v) is 11.5. The summed E-state index contributed by atoms with van der Waals surface area (Å²) in [5, 5.41) is 12.9. The van der Waals surface area contributed by atoms with Gasteiger partial charge in [-0.3, -0.25) is 4.57 Å². The third-order valence-corrected chi connectivity index (χ3v) is 6.44. The molecule has 0 unspecified atom stereocenters. The van der Waals surface area contributed by atoms with E-state index >= 15 is 0 Å². The second-order valence-corrected chi connectivity index (χ2v) is 8.98. The van der Waals surface area contributed by atoms with E-state index in [0.29, 0.717) is 28.9 Å². The summed E-state index contributed by atoms with van der Waals surface area (Å²) in [4.78, 5) is 1.10. The molecule has 0 fully saturated rings. The zero-order valence-corrected chi connectivity index (χ0v) is 18.4. The van der Waals surface area contributed by atoms with Gasteiger partial charge in [-0.2, -0.15) is 0 Å². The number of rotatable bonds is 8. The topological polar surface area (TPSA) is 39.9 Å². The molecule has 0 N–H and O–H groups in total. The Kier molecular flexibility index (Phi) is 6.77. The Morgan fingerprint density at radius 3 is 2.62 bits per heavy atom. The highest BCUT2D eigenvalue weighted by Gasteiger charge is 2.15. The molecule has 0 aliphatic heterocycles. The molecule has 2 heterocycles. The summed E-state index contributed by atoms with van der Waals surface area (Å²) in [5.41, 5.74) is 1.20. The monoisotopic (exact) mass is 461 g/mol. The number of benzene rings is 2. The Balaban J connectivity index is 1.46. The molecular weight excluding hydrogens is 445 g/mol. The maximum absolute atomic E-state index is 6.16. The lowest BCUT2D eigenvalue weighted by Gasteiger charge is -2.10. The normalized spacial score (nSPS) is 11.0. The van der Waals surface area contributed by atoms with Crippen molar-refractivity contribution in [2.24, 2.45) is 0 Å². The van der Waals surface area contributed by atoms with Crippen LogP contribution in [0.3, 0.4) is 0 Å². The Hall–Kier alpha value is -1.99. The fourth-order valence-electron chi connectivity index (χ4n) is 2.77. The summed E-state index contributed by atoms with van der Waals surface area (Å²) in [6.45, 7) is 1.21. The molecule has 29 heavy (non-hydrogen) atoms. The molecule has 0 radical (unpaired) electrons. The molecule has 2 aromatic carbocycles. The number of aromatic nitrogens is 3. The van der Waals surface area contributed by atoms with Gasteiger partial charge in [-0.25, -0.2) is 0 Å². The molecule has 0 aliphatic carbocycles. The van der Waals surface area contributed by atoms with Gasteiger partial charge in [0.05, 0.1) is 23.1 Å². The second kappa shape index (κ2) is 9.67. The second-order valence-electron chi connectivity index (χ2n) is 6.13. The number of halogens is 2. The number of hydrogen-bond acceptors (Lipinski definition) is 5. The maximum atomic E-state index is 6.16. The predicted octanol–water partition coefficient (Wildman–Crippen LogP) is 6.53. The molecule has 0 saturated heterocycles. The highest BCUT2D eigenvalue weighted by Crippen LogP contribution is 2.30. The van der Waals surface area contributed by atoms with Gasteiger partial charge < -0.3 is 4.74 Å². The van der Waals surface area contributed by atoms with Crippen molar-refractivity contribution >= 4 is 46.3 Å². The van der Waals surface area contributed by atoms with Gasteiger partial charge in [0.15, 0.2) is 11.0 Å². The predicted molar refractivity (Wildman–Crippen MR) is 122 cm³/mol. The van der Waals surface area contributed by atoms with Crippen molar-refractivity contribution in [3.05, 3.63) is 81.7 Å². The molecule has 0 bridgehead atoms. The Morgan fingerprint density at radius 1 is 1.00 bits per heavy atom. The molecule has 4 nitrogen and oxygen atoms in total. The highest BCUT2D eigenvalue weighted by molar-refractivity contribution is 7.99. The van der Waals surface area contributed by atoms with Crippen LogP contribution < -0.4 is 4.74 Å². The van der Waals surface area contributed by atoms with E-state index in [9.17, 15) is 0 Å². The number of thiophene rings is 1. The quantitative estimate of drug-likeness (QED) is 0.220. The van der Waals surface area contributed by atoms with Crippen LogP contribution in [-0.4, -0.2) is 27.1 Å². The van der Waals surface area contributed by atoms with Crippen molar-refractivity contribution in [2.45, 2.75) is 11.7 Å². The number of thioether (sulfide) groups is 1. The van der Waals surface area contributed by atoms with Gasteiger partial charge in [-0.05, 0) is 35.2 Å². The van der Waals surface area contributed by atoms with Crippen molar-refractivity contribution in [1.29, 1.82) is 0 Å². The average Bonchev–Trinajstić information content (AvgIpc) is 3.38. The van der Waals surface area contributed by atoms with E-state index in [2.05, 4.69) is 33.0 Å². The summed E-state index contributed by atoms with van der Waals surface area (Å²) in [6, 6.07) is 19.6. The lowest BCUT2D eigenvalue weighted by Crippen LogP contribution is -2.06. The van der Waals surface area contributed by atoms with Crippen molar-refractivity contribution in [2.75, 3.05) is 12.4 Å². The van der Waals surface area contributed by atoms with E-state index in [1.165, 1.54) is 5.56 Å². The first kappa shape index (κ1) is 20.3. The minimum absolute atomic E-state index is 0.499. The van der Waals surface area contributed by atoms with Crippen LogP contribution in [0.5, 0.6) is 5.75 Å². The molecule has 148 valence electrons. The van der Waals surface area contributed by atoms with Crippen LogP contribution in [0.2, 0.25) is 10.0 Å². The molecule has 4 rings (SSSR count). The van der Waals surface area contributed by atoms with Gasteiger partial charge in [0.1, 0.15) is 5.75 Å². The first-order valence-electron chi connectivity index (χ1n) is 8.92. The van der Waals surface area contributed by atoms with Gasteiger partial charge in [0.2, 0.25) is 0 Å². The van der Waals surface area contributed by atoms with Crippen LogP contribution in [0.1, 0.15) is 5.56 Å². The Morgan fingerprint density at radius 2 is 1.86 bits per heavy atom. The van der Waals surface area contributed by atoms with Crippen LogP contribution in [0, 0.1) is 0 Å². The van der Waals surface area contributed by atoms with Crippen molar-refractivity contribution < 1.29 is 4.74 Å². The number of hydrogen-bond donors (Lipinski definition) is 0. The van der Waals surface area contributed by atoms with Crippen molar-refractivity contribution in [3.63, 3.8) is 0 Å².